The van der Waals surface area contributed by atoms with E-state index in [0.717, 1.165) is 5.69 Å². The largest absolute Gasteiger partial charge is 0.356 e. The Labute approximate surface area is 163 Å². The normalized spacial score (nSPS) is 11.2. The van der Waals surface area contributed by atoms with Crippen LogP contribution in [0, 0.1) is 6.92 Å². The van der Waals surface area contributed by atoms with Gasteiger partial charge in [-0.25, -0.2) is 8.42 Å². The number of carbonyl (C=O) groups is 1. The van der Waals surface area contributed by atoms with Crippen molar-refractivity contribution in [3.8, 4) is 11.3 Å². The summed E-state index contributed by atoms with van der Waals surface area (Å²) in [7, 11) is -3.82. The Bertz CT molecular complexity index is 1100. The van der Waals surface area contributed by atoms with Gasteiger partial charge in [-0.05, 0) is 49.2 Å². The molecule has 0 aliphatic carbocycles. The number of hydrogen-bond acceptors (Lipinski definition) is 5. The van der Waals surface area contributed by atoms with Gasteiger partial charge in [-0.15, -0.1) is 0 Å². The Hall–Kier alpha value is -3.13. The first-order chi connectivity index (χ1) is 13.3. The molecule has 8 heteroatoms. The molecule has 3 rings (SSSR count). The standard InChI is InChI=1S/C20H21N3O4S/c1-4-15-5-6-16(19-11-13(2)22-27-19)12-20(15)28(25,26)23-18-9-7-17(8-10-18)21-14(3)24/h5-12,23H,4H2,1-3H3,(H,21,24). The molecule has 0 spiro atoms. The van der Waals surface area contributed by atoms with E-state index in [1.54, 1.807) is 49.4 Å². The third kappa shape index (κ3) is 4.40. The molecule has 3 aromatic rings. The van der Waals surface area contributed by atoms with Crippen LogP contribution in [0.15, 0.2) is 57.9 Å². The number of benzene rings is 2. The predicted octanol–water partition coefficient (Wildman–Crippen LogP) is 3.97. The van der Waals surface area contributed by atoms with E-state index in [1.165, 1.54) is 6.92 Å². The van der Waals surface area contributed by atoms with Crippen molar-refractivity contribution in [1.82, 2.24) is 5.16 Å². The number of nitrogens with one attached hydrogen (secondary N) is 2. The molecule has 2 aromatic carbocycles. The lowest BCUT2D eigenvalue weighted by atomic mass is 10.1. The molecule has 0 radical (unpaired) electrons. The number of aromatic nitrogens is 1. The van der Waals surface area contributed by atoms with Crippen molar-refractivity contribution in [2.24, 2.45) is 0 Å². The Balaban J connectivity index is 1.92. The van der Waals surface area contributed by atoms with Crippen LogP contribution in [0.5, 0.6) is 0 Å². The summed E-state index contributed by atoms with van der Waals surface area (Å²) >= 11 is 0. The number of sulfonamides is 1. The van der Waals surface area contributed by atoms with Gasteiger partial charge in [-0.3, -0.25) is 9.52 Å². The van der Waals surface area contributed by atoms with Gasteiger partial charge in [0.15, 0.2) is 5.76 Å². The molecule has 146 valence electrons. The molecular weight excluding hydrogens is 378 g/mol. The van der Waals surface area contributed by atoms with E-state index < -0.39 is 10.0 Å². The average molecular weight is 399 g/mol. The average Bonchev–Trinajstić information content (AvgIpc) is 3.08. The van der Waals surface area contributed by atoms with Crippen LogP contribution in [0.1, 0.15) is 25.1 Å². The summed E-state index contributed by atoms with van der Waals surface area (Å²) in [5, 5.41) is 6.49. The maximum Gasteiger partial charge on any atom is 0.262 e. The van der Waals surface area contributed by atoms with Gasteiger partial charge in [0.2, 0.25) is 5.91 Å². The summed E-state index contributed by atoms with van der Waals surface area (Å²) in [6.45, 7) is 5.11. The van der Waals surface area contributed by atoms with Gasteiger partial charge in [-0.2, -0.15) is 0 Å². The third-order valence-corrected chi connectivity index (χ3v) is 5.57. The molecule has 1 amide bonds. The smallest absolute Gasteiger partial charge is 0.262 e. The van der Waals surface area contributed by atoms with Gasteiger partial charge in [0.25, 0.3) is 10.0 Å². The van der Waals surface area contributed by atoms with Gasteiger partial charge >= 0.3 is 0 Å². The number of amides is 1. The van der Waals surface area contributed by atoms with Crippen LogP contribution >= 0.6 is 0 Å². The number of hydrogen-bond donors (Lipinski definition) is 2. The second-order valence-corrected chi connectivity index (χ2v) is 8.02. The highest BCUT2D eigenvalue weighted by Crippen LogP contribution is 2.28. The highest BCUT2D eigenvalue weighted by atomic mass is 32.2. The van der Waals surface area contributed by atoms with Crippen molar-refractivity contribution in [3.63, 3.8) is 0 Å². The third-order valence-electron chi connectivity index (χ3n) is 4.11. The molecule has 0 aliphatic rings. The lowest BCUT2D eigenvalue weighted by molar-refractivity contribution is -0.114. The van der Waals surface area contributed by atoms with Crippen LogP contribution in [0.25, 0.3) is 11.3 Å². The van der Waals surface area contributed by atoms with Gasteiger partial charge in [0, 0.05) is 29.9 Å². The van der Waals surface area contributed by atoms with Crippen molar-refractivity contribution in [2.75, 3.05) is 10.0 Å². The summed E-state index contributed by atoms with van der Waals surface area (Å²) in [6, 6.07) is 13.4. The van der Waals surface area contributed by atoms with Crippen LogP contribution in [-0.2, 0) is 21.2 Å². The summed E-state index contributed by atoms with van der Waals surface area (Å²) in [6.07, 6.45) is 0.563. The highest BCUT2D eigenvalue weighted by Gasteiger charge is 2.20. The van der Waals surface area contributed by atoms with Crippen molar-refractivity contribution in [1.29, 1.82) is 0 Å². The molecule has 2 N–H and O–H groups in total. The Kier molecular flexibility index (Phi) is 5.51. The first-order valence-electron chi connectivity index (χ1n) is 8.75. The van der Waals surface area contributed by atoms with Crippen LogP contribution in [-0.4, -0.2) is 19.5 Å². The van der Waals surface area contributed by atoms with E-state index in [-0.39, 0.29) is 10.8 Å². The van der Waals surface area contributed by atoms with Gasteiger partial charge in [0.05, 0.1) is 10.6 Å². The molecule has 0 fully saturated rings. The quantitative estimate of drug-likeness (QED) is 0.653. The zero-order valence-corrected chi connectivity index (χ0v) is 16.6. The second kappa shape index (κ2) is 7.85. The first kappa shape index (κ1) is 19.6. The molecule has 0 saturated carbocycles. The number of nitrogens with zero attached hydrogens (tertiary/aromatic N) is 1. The maximum absolute atomic E-state index is 13.0. The van der Waals surface area contributed by atoms with E-state index in [2.05, 4.69) is 15.2 Å². The Morgan fingerprint density at radius 2 is 1.75 bits per heavy atom. The zero-order valence-electron chi connectivity index (χ0n) is 15.8. The molecule has 0 unspecified atom stereocenters. The van der Waals surface area contributed by atoms with Gasteiger partial charge in [0.1, 0.15) is 0 Å². The van der Waals surface area contributed by atoms with E-state index in [9.17, 15) is 13.2 Å². The van der Waals surface area contributed by atoms with E-state index in [0.29, 0.717) is 34.7 Å². The van der Waals surface area contributed by atoms with Crippen molar-refractivity contribution < 1.29 is 17.7 Å². The molecular formula is C20H21N3O4S. The lowest BCUT2D eigenvalue weighted by Gasteiger charge is -2.13. The zero-order chi connectivity index (χ0) is 20.3. The fourth-order valence-corrected chi connectivity index (χ4v) is 4.18. The van der Waals surface area contributed by atoms with Crippen LogP contribution in [0.4, 0.5) is 11.4 Å². The minimum absolute atomic E-state index is 0.187. The lowest BCUT2D eigenvalue weighted by Crippen LogP contribution is -2.15. The van der Waals surface area contributed by atoms with Crippen LogP contribution < -0.4 is 10.0 Å². The molecule has 1 heterocycles. The van der Waals surface area contributed by atoms with Crippen molar-refractivity contribution in [3.05, 3.63) is 59.8 Å². The van der Waals surface area contributed by atoms with Crippen LogP contribution in [0.3, 0.4) is 0 Å². The maximum atomic E-state index is 13.0. The van der Waals surface area contributed by atoms with E-state index in [1.807, 2.05) is 13.0 Å². The Morgan fingerprint density at radius 3 is 2.32 bits per heavy atom. The number of carbonyl (C=O) groups excluding carboxylic acids is 1. The van der Waals surface area contributed by atoms with Crippen LogP contribution in [0.2, 0.25) is 0 Å². The second-order valence-electron chi connectivity index (χ2n) is 6.37. The monoisotopic (exact) mass is 399 g/mol. The molecule has 28 heavy (non-hydrogen) atoms. The topological polar surface area (TPSA) is 101 Å². The first-order valence-corrected chi connectivity index (χ1v) is 10.2. The van der Waals surface area contributed by atoms with Crippen molar-refractivity contribution in [2.45, 2.75) is 32.1 Å². The Morgan fingerprint density at radius 1 is 1.07 bits per heavy atom. The highest BCUT2D eigenvalue weighted by molar-refractivity contribution is 7.92. The van der Waals surface area contributed by atoms with Gasteiger partial charge in [-0.1, -0.05) is 24.2 Å². The minimum atomic E-state index is -3.82. The summed E-state index contributed by atoms with van der Waals surface area (Å²) in [5.74, 6) is 0.316. The molecule has 0 saturated heterocycles. The van der Waals surface area contributed by atoms with E-state index in [4.69, 9.17) is 4.52 Å². The molecule has 1 aromatic heterocycles. The summed E-state index contributed by atoms with van der Waals surface area (Å²) in [5.41, 5.74) is 3.04. The molecule has 0 atom stereocenters. The number of anilines is 2. The van der Waals surface area contributed by atoms with Gasteiger partial charge < -0.3 is 9.84 Å². The SMILES string of the molecule is CCc1ccc(-c2cc(C)no2)cc1S(=O)(=O)Nc1ccc(NC(C)=O)cc1. The molecule has 0 aliphatic heterocycles. The predicted molar refractivity (Wildman–Crippen MR) is 108 cm³/mol. The molecule has 0 bridgehead atoms. The molecule has 7 nitrogen and oxygen atoms in total. The van der Waals surface area contributed by atoms with Crippen molar-refractivity contribution >= 4 is 27.3 Å². The fourth-order valence-electron chi connectivity index (χ4n) is 2.78. The summed E-state index contributed by atoms with van der Waals surface area (Å²) < 4.78 is 33.9. The fraction of sp³-hybridized carbons (Fsp3) is 0.200. The number of rotatable bonds is 6. The van der Waals surface area contributed by atoms with E-state index >= 15 is 0 Å². The minimum Gasteiger partial charge on any atom is -0.356 e. The number of aryl methyl sites for hydroxylation is 2. The summed E-state index contributed by atoms with van der Waals surface area (Å²) in [4.78, 5) is 11.3.